The Morgan fingerprint density at radius 2 is 2.00 bits per heavy atom. The molecule has 1 heterocycles. The molecule has 2 nitrogen and oxygen atoms in total. The van der Waals surface area contributed by atoms with Crippen molar-refractivity contribution in [1.29, 1.82) is 0 Å². The van der Waals surface area contributed by atoms with E-state index in [9.17, 15) is 0 Å². The number of hydrogen-bond donors (Lipinski definition) is 0. The molecule has 2 rings (SSSR count). The van der Waals surface area contributed by atoms with Gasteiger partial charge in [-0.15, -0.1) is 0 Å². The minimum atomic E-state index is 0.397. The van der Waals surface area contributed by atoms with Crippen molar-refractivity contribution in [2.24, 2.45) is 0 Å². The molecule has 60 valence electrons. The summed E-state index contributed by atoms with van der Waals surface area (Å²) in [7, 11) is 0. The maximum atomic E-state index is 5.11. The predicted molar refractivity (Wildman–Crippen MR) is 42.6 cm³/mol. The smallest absolute Gasteiger partial charge is 0.137 e. The van der Waals surface area contributed by atoms with Crippen molar-refractivity contribution in [1.82, 2.24) is 5.16 Å². The lowest BCUT2D eigenvalue weighted by atomic mass is 9.97. The molecule has 0 radical (unpaired) electrons. The van der Waals surface area contributed by atoms with Crippen LogP contribution in [0, 0.1) is 13.8 Å². The lowest BCUT2D eigenvalue weighted by Gasteiger charge is -2.05. The van der Waals surface area contributed by atoms with Crippen LogP contribution in [0.5, 0.6) is 0 Å². The Bertz CT molecular complexity index is 264. The van der Waals surface area contributed by atoms with Crippen LogP contribution in [0.4, 0.5) is 0 Å². The first-order chi connectivity index (χ1) is 5.13. The number of nitrogens with zero attached hydrogens (tertiary/aromatic N) is 1. The molecule has 1 fully saturated rings. The Morgan fingerprint density at radius 3 is 2.36 bits per heavy atom. The molecule has 0 unspecified atom stereocenters. The van der Waals surface area contributed by atoms with E-state index in [1.54, 1.807) is 0 Å². The van der Waals surface area contributed by atoms with E-state index in [0.29, 0.717) is 5.41 Å². The molecule has 0 spiro atoms. The van der Waals surface area contributed by atoms with Crippen LogP contribution in [0.1, 0.15) is 36.8 Å². The van der Waals surface area contributed by atoms with Gasteiger partial charge in [0.15, 0.2) is 0 Å². The Kier molecular flexibility index (Phi) is 1.17. The average Bonchev–Trinajstić information content (AvgIpc) is 2.56. The normalized spacial score (nSPS) is 20.3. The van der Waals surface area contributed by atoms with E-state index in [-0.39, 0.29) is 0 Å². The van der Waals surface area contributed by atoms with Crippen molar-refractivity contribution >= 4 is 0 Å². The number of aromatic nitrogens is 1. The monoisotopic (exact) mass is 151 g/mol. The SMILES string of the molecule is Cc1noc(C)c1C1(C)CC1. The first-order valence-corrected chi connectivity index (χ1v) is 4.07. The summed E-state index contributed by atoms with van der Waals surface area (Å²) in [4.78, 5) is 0. The molecule has 0 aliphatic heterocycles. The lowest BCUT2D eigenvalue weighted by molar-refractivity contribution is 0.391. The highest BCUT2D eigenvalue weighted by Crippen LogP contribution is 2.49. The zero-order valence-electron chi connectivity index (χ0n) is 7.27. The maximum absolute atomic E-state index is 5.11. The zero-order chi connectivity index (χ0) is 8.06. The molecule has 1 aromatic heterocycles. The van der Waals surface area contributed by atoms with Gasteiger partial charge in [-0.2, -0.15) is 0 Å². The second kappa shape index (κ2) is 1.87. The first-order valence-electron chi connectivity index (χ1n) is 4.07. The molecule has 2 heteroatoms. The van der Waals surface area contributed by atoms with Gasteiger partial charge in [0.05, 0.1) is 5.69 Å². The highest BCUT2D eigenvalue weighted by molar-refractivity contribution is 5.34. The van der Waals surface area contributed by atoms with Gasteiger partial charge in [-0.1, -0.05) is 12.1 Å². The van der Waals surface area contributed by atoms with Crippen molar-refractivity contribution in [2.45, 2.75) is 39.0 Å². The standard InChI is InChI=1S/C9H13NO/c1-6-8(7(2)11-10-6)9(3)4-5-9/h4-5H2,1-3H3. The Morgan fingerprint density at radius 1 is 1.36 bits per heavy atom. The van der Waals surface area contributed by atoms with Crippen molar-refractivity contribution in [3.05, 3.63) is 17.0 Å². The van der Waals surface area contributed by atoms with E-state index in [4.69, 9.17) is 4.52 Å². The van der Waals surface area contributed by atoms with Gasteiger partial charge in [-0.3, -0.25) is 0 Å². The summed E-state index contributed by atoms with van der Waals surface area (Å²) in [6, 6.07) is 0. The molecule has 1 aromatic rings. The second-order valence-corrected chi connectivity index (χ2v) is 3.76. The summed E-state index contributed by atoms with van der Waals surface area (Å²) in [6.45, 7) is 6.30. The van der Waals surface area contributed by atoms with E-state index in [1.165, 1.54) is 18.4 Å². The Labute approximate surface area is 66.6 Å². The predicted octanol–water partition coefficient (Wildman–Crippen LogP) is 2.34. The quantitative estimate of drug-likeness (QED) is 0.615. The molecule has 1 aliphatic rings. The third-order valence-electron chi connectivity index (χ3n) is 2.64. The van der Waals surface area contributed by atoms with Gasteiger partial charge >= 0.3 is 0 Å². The third-order valence-corrected chi connectivity index (χ3v) is 2.64. The van der Waals surface area contributed by atoms with E-state index in [2.05, 4.69) is 12.1 Å². The summed E-state index contributed by atoms with van der Waals surface area (Å²) < 4.78 is 5.11. The molecule has 11 heavy (non-hydrogen) atoms. The average molecular weight is 151 g/mol. The fourth-order valence-electron chi connectivity index (χ4n) is 1.78. The van der Waals surface area contributed by atoms with Gasteiger partial charge in [0.25, 0.3) is 0 Å². The Balaban J connectivity index is 2.50. The number of rotatable bonds is 1. The van der Waals surface area contributed by atoms with E-state index in [0.717, 1.165) is 11.5 Å². The highest BCUT2D eigenvalue weighted by atomic mass is 16.5. The zero-order valence-corrected chi connectivity index (χ0v) is 7.27. The summed E-state index contributed by atoms with van der Waals surface area (Å²) >= 11 is 0. The molecule has 1 saturated carbocycles. The van der Waals surface area contributed by atoms with Crippen LogP contribution in [0.3, 0.4) is 0 Å². The molecule has 0 aromatic carbocycles. The minimum Gasteiger partial charge on any atom is -0.361 e. The Hall–Kier alpha value is -0.790. The van der Waals surface area contributed by atoms with Crippen LogP contribution < -0.4 is 0 Å². The largest absolute Gasteiger partial charge is 0.361 e. The summed E-state index contributed by atoms with van der Waals surface area (Å²) in [5.41, 5.74) is 2.81. The van der Waals surface area contributed by atoms with Gasteiger partial charge in [0.2, 0.25) is 0 Å². The second-order valence-electron chi connectivity index (χ2n) is 3.76. The highest BCUT2D eigenvalue weighted by Gasteiger charge is 2.43. The summed E-state index contributed by atoms with van der Waals surface area (Å²) in [5, 5.41) is 3.95. The van der Waals surface area contributed by atoms with E-state index < -0.39 is 0 Å². The fourth-order valence-corrected chi connectivity index (χ4v) is 1.78. The van der Waals surface area contributed by atoms with Gasteiger partial charge in [-0.25, -0.2) is 0 Å². The van der Waals surface area contributed by atoms with Crippen LogP contribution in [0.25, 0.3) is 0 Å². The number of aryl methyl sites for hydroxylation is 2. The topological polar surface area (TPSA) is 26.0 Å². The molecule has 0 N–H and O–H groups in total. The van der Waals surface area contributed by atoms with Crippen molar-refractivity contribution < 1.29 is 4.52 Å². The fraction of sp³-hybridized carbons (Fsp3) is 0.667. The van der Waals surface area contributed by atoms with Crippen LogP contribution >= 0.6 is 0 Å². The molecule has 1 aliphatic carbocycles. The first kappa shape index (κ1) is 6.89. The molecular formula is C9H13NO. The molecule has 0 bridgehead atoms. The van der Waals surface area contributed by atoms with Crippen LogP contribution in [-0.2, 0) is 5.41 Å². The van der Waals surface area contributed by atoms with Crippen molar-refractivity contribution in [3.63, 3.8) is 0 Å². The van der Waals surface area contributed by atoms with Crippen LogP contribution in [0.2, 0.25) is 0 Å². The maximum Gasteiger partial charge on any atom is 0.137 e. The third kappa shape index (κ3) is 0.889. The van der Waals surface area contributed by atoms with Gasteiger partial charge in [0, 0.05) is 5.56 Å². The minimum absolute atomic E-state index is 0.397. The van der Waals surface area contributed by atoms with Gasteiger partial charge in [-0.05, 0) is 32.1 Å². The van der Waals surface area contributed by atoms with Gasteiger partial charge in [0.1, 0.15) is 5.76 Å². The van der Waals surface area contributed by atoms with Crippen LogP contribution in [0.15, 0.2) is 4.52 Å². The summed E-state index contributed by atoms with van der Waals surface area (Å²) in [5.74, 6) is 1.00. The lowest BCUT2D eigenvalue weighted by Crippen LogP contribution is -2.01. The van der Waals surface area contributed by atoms with Crippen LogP contribution in [-0.4, -0.2) is 5.16 Å². The molecule has 0 amide bonds. The van der Waals surface area contributed by atoms with E-state index >= 15 is 0 Å². The van der Waals surface area contributed by atoms with E-state index in [1.807, 2.05) is 13.8 Å². The molecule has 0 saturated heterocycles. The van der Waals surface area contributed by atoms with Crippen molar-refractivity contribution in [3.8, 4) is 0 Å². The molecule has 0 atom stereocenters. The molecular weight excluding hydrogens is 138 g/mol. The van der Waals surface area contributed by atoms with Crippen molar-refractivity contribution in [2.75, 3.05) is 0 Å². The van der Waals surface area contributed by atoms with Gasteiger partial charge < -0.3 is 4.52 Å². The number of hydrogen-bond acceptors (Lipinski definition) is 2. The summed E-state index contributed by atoms with van der Waals surface area (Å²) in [6.07, 6.45) is 2.58.